The Hall–Kier alpha value is -2.45. The number of halogens is 1. The summed E-state index contributed by atoms with van der Waals surface area (Å²) in [5, 5.41) is 8.68. The second kappa shape index (κ2) is 6.76. The van der Waals surface area contributed by atoms with Crippen molar-refractivity contribution in [3.05, 3.63) is 52.6 Å². The Balaban J connectivity index is 2.38. The number of ketones is 1. The minimum atomic E-state index is -0.267. The first-order valence-electron chi connectivity index (χ1n) is 7.39. The molecule has 1 aromatic carbocycles. The monoisotopic (exact) mass is 313 g/mol. The highest BCUT2D eigenvalue weighted by atomic mass is 19.1. The number of Topliss-reactive ketones (excluding diaryl/α,β-unsaturated/α-hetero) is 1. The van der Waals surface area contributed by atoms with Crippen LogP contribution in [0.5, 0.6) is 0 Å². The molecule has 5 heteroatoms. The van der Waals surface area contributed by atoms with Gasteiger partial charge in [-0.05, 0) is 51.6 Å². The lowest BCUT2D eigenvalue weighted by molar-refractivity contribution is 0.0952. The quantitative estimate of drug-likeness (QED) is 0.629. The number of hydrogen-bond acceptors (Lipinski definition) is 3. The molecule has 0 amide bonds. The predicted molar refractivity (Wildman–Crippen MR) is 87.4 cm³/mol. The number of nitriles is 1. The highest BCUT2D eigenvalue weighted by molar-refractivity contribution is 5.99. The highest BCUT2D eigenvalue weighted by Gasteiger charge is 2.18. The topological polar surface area (TPSA) is 49.0 Å². The van der Waals surface area contributed by atoms with Gasteiger partial charge < -0.3 is 4.57 Å². The molecular formula is C18H20FN3O. The summed E-state index contributed by atoms with van der Waals surface area (Å²) in [6, 6.07) is 8.88. The number of nitrogens with zero attached hydrogens (tertiary/aromatic N) is 3. The number of aromatic nitrogens is 1. The van der Waals surface area contributed by atoms with E-state index in [1.54, 1.807) is 24.9 Å². The smallest absolute Gasteiger partial charge is 0.178 e. The molecule has 2 aromatic rings. The van der Waals surface area contributed by atoms with Crippen molar-refractivity contribution in [1.29, 1.82) is 5.26 Å². The lowest BCUT2D eigenvalue weighted by atomic mass is 10.1. The van der Waals surface area contributed by atoms with Gasteiger partial charge in [-0.3, -0.25) is 9.69 Å². The van der Waals surface area contributed by atoms with E-state index in [-0.39, 0.29) is 24.7 Å². The van der Waals surface area contributed by atoms with Crippen LogP contribution in [0, 0.1) is 37.9 Å². The molecule has 1 aromatic heterocycles. The van der Waals surface area contributed by atoms with Crippen LogP contribution in [0.1, 0.15) is 27.3 Å². The van der Waals surface area contributed by atoms with Crippen LogP contribution in [0.2, 0.25) is 0 Å². The molecule has 1 heterocycles. The van der Waals surface area contributed by atoms with Gasteiger partial charge in [-0.1, -0.05) is 6.07 Å². The minimum Gasteiger partial charge on any atom is -0.318 e. The Morgan fingerprint density at radius 1 is 1.30 bits per heavy atom. The Bertz CT molecular complexity index is 786. The third-order valence-electron chi connectivity index (χ3n) is 3.90. The van der Waals surface area contributed by atoms with Crippen LogP contribution >= 0.6 is 0 Å². The second-order valence-electron chi connectivity index (χ2n) is 5.81. The fraction of sp³-hybridized carbons (Fsp3) is 0.333. The molecule has 0 bridgehead atoms. The molecule has 0 saturated carbocycles. The number of carbonyl (C=O) groups is 1. The highest BCUT2D eigenvalue weighted by Crippen LogP contribution is 2.23. The molecule has 0 spiro atoms. The zero-order chi connectivity index (χ0) is 17.1. The molecule has 0 fully saturated rings. The van der Waals surface area contributed by atoms with Gasteiger partial charge in [0.2, 0.25) is 0 Å². The first kappa shape index (κ1) is 16.9. The van der Waals surface area contributed by atoms with Gasteiger partial charge in [0.15, 0.2) is 5.78 Å². The second-order valence-corrected chi connectivity index (χ2v) is 5.81. The number of hydrogen-bond donors (Lipinski definition) is 0. The number of carbonyl (C=O) groups excluding carboxylic acids is 1. The Morgan fingerprint density at radius 2 is 2.00 bits per heavy atom. The van der Waals surface area contributed by atoms with E-state index < -0.39 is 0 Å². The molecule has 0 saturated heterocycles. The Kier molecular flexibility index (Phi) is 4.97. The zero-order valence-corrected chi connectivity index (χ0v) is 13.9. The van der Waals surface area contributed by atoms with Gasteiger partial charge in [-0.15, -0.1) is 0 Å². The molecule has 0 aliphatic rings. The lowest BCUT2D eigenvalue weighted by Crippen LogP contribution is -2.26. The van der Waals surface area contributed by atoms with Gasteiger partial charge >= 0.3 is 0 Å². The van der Waals surface area contributed by atoms with Crippen LogP contribution in [-0.2, 0) is 0 Å². The largest absolute Gasteiger partial charge is 0.318 e. The molecule has 0 atom stereocenters. The maximum absolute atomic E-state index is 13.8. The fourth-order valence-corrected chi connectivity index (χ4v) is 2.67. The van der Waals surface area contributed by atoms with Gasteiger partial charge in [-0.25, -0.2) is 4.39 Å². The standard InChI is InChI=1S/C18H20FN3O/c1-12-5-6-15(10-17(12)19)22-13(2)9-16(14(22)3)18(23)11-21(4)8-7-20/h5-6,9-10H,8,11H2,1-4H3. The van der Waals surface area contributed by atoms with Crippen LogP contribution in [0.15, 0.2) is 24.3 Å². The summed E-state index contributed by atoms with van der Waals surface area (Å²) in [6.45, 7) is 5.84. The van der Waals surface area contributed by atoms with Gasteiger partial charge in [0.1, 0.15) is 5.82 Å². The van der Waals surface area contributed by atoms with Crippen molar-refractivity contribution in [2.24, 2.45) is 0 Å². The van der Waals surface area contributed by atoms with Crippen molar-refractivity contribution >= 4 is 5.78 Å². The molecular weight excluding hydrogens is 293 g/mol. The summed E-state index contributed by atoms with van der Waals surface area (Å²) in [6.07, 6.45) is 0. The van der Waals surface area contributed by atoms with Gasteiger partial charge in [0, 0.05) is 22.6 Å². The predicted octanol–water partition coefficient (Wildman–Crippen LogP) is 3.18. The van der Waals surface area contributed by atoms with Crippen molar-refractivity contribution in [1.82, 2.24) is 9.47 Å². The summed E-state index contributed by atoms with van der Waals surface area (Å²) < 4.78 is 15.7. The summed E-state index contributed by atoms with van der Waals surface area (Å²) >= 11 is 0. The van der Waals surface area contributed by atoms with E-state index in [1.165, 1.54) is 6.07 Å². The number of aryl methyl sites for hydroxylation is 2. The van der Waals surface area contributed by atoms with E-state index in [9.17, 15) is 9.18 Å². The molecule has 4 nitrogen and oxygen atoms in total. The first-order valence-corrected chi connectivity index (χ1v) is 7.39. The molecule has 120 valence electrons. The average molecular weight is 313 g/mol. The minimum absolute atomic E-state index is 0.0466. The SMILES string of the molecule is Cc1ccc(-n2c(C)cc(C(=O)CN(C)CC#N)c2C)cc1F. The molecule has 2 rings (SSSR count). The summed E-state index contributed by atoms with van der Waals surface area (Å²) in [5.41, 5.74) is 3.55. The molecule has 0 aliphatic heterocycles. The third kappa shape index (κ3) is 3.49. The molecule has 0 aliphatic carbocycles. The van der Waals surface area contributed by atoms with E-state index in [1.807, 2.05) is 36.6 Å². The molecule has 0 N–H and O–H groups in total. The van der Waals surface area contributed by atoms with Crippen LogP contribution < -0.4 is 0 Å². The van der Waals surface area contributed by atoms with Crippen LogP contribution in [0.25, 0.3) is 5.69 Å². The van der Waals surface area contributed by atoms with Crippen molar-refractivity contribution in [3.63, 3.8) is 0 Å². The van der Waals surface area contributed by atoms with E-state index in [4.69, 9.17) is 5.26 Å². The average Bonchev–Trinajstić information content (AvgIpc) is 2.77. The van der Waals surface area contributed by atoms with E-state index >= 15 is 0 Å². The normalized spacial score (nSPS) is 10.8. The number of likely N-dealkylation sites (N-methyl/N-ethyl adjacent to an activating group) is 1. The first-order chi connectivity index (χ1) is 10.8. The van der Waals surface area contributed by atoms with Crippen molar-refractivity contribution in [2.75, 3.05) is 20.1 Å². The van der Waals surface area contributed by atoms with Crippen LogP contribution in [-0.4, -0.2) is 35.4 Å². The van der Waals surface area contributed by atoms with Crippen LogP contribution in [0.3, 0.4) is 0 Å². The van der Waals surface area contributed by atoms with Gasteiger partial charge in [0.25, 0.3) is 0 Å². The van der Waals surface area contributed by atoms with Gasteiger partial charge in [-0.2, -0.15) is 5.26 Å². The lowest BCUT2D eigenvalue weighted by Gasteiger charge is -2.12. The third-order valence-corrected chi connectivity index (χ3v) is 3.90. The molecule has 0 radical (unpaired) electrons. The molecule has 23 heavy (non-hydrogen) atoms. The number of benzene rings is 1. The molecule has 0 unspecified atom stereocenters. The maximum Gasteiger partial charge on any atom is 0.178 e. The van der Waals surface area contributed by atoms with Crippen LogP contribution in [0.4, 0.5) is 4.39 Å². The van der Waals surface area contributed by atoms with Crippen molar-refractivity contribution < 1.29 is 9.18 Å². The van der Waals surface area contributed by atoms with Gasteiger partial charge in [0.05, 0.1) is 19.2 Å². The zero-order valence-electron chi connectivity index (χ0n) is 13.9. The van der Waals surface area contributed by atoms with Crippen molar-refractivity contribution in [2.45, 2.75) is 20.8 Å². The summed E-state index contributed by atoms with van der Waals surface area (Å²) in [7, 11) is 1.73. The summed E-state index contributed by atoms with van der Waals surface area (Å²) in [4.78, 5) is 14.1. The summed E-state index contributed by atoms with van der Waals surface area (Å²) in [5.74, 6) is -0.314. The van der Waals surface area contributed by atoms with E-state index in [0.717, 1.165) is 11.4 Å². The van der Waals surface area contributed by atoms with E-state index in [0.29, 0.717) is 16.8 Å². The number of rotatable bonds is 5. The Labute approximate surface area is 135 Å². The van der Waals surface area contributed by atoms with Crippen molar-refractivity contribution in [3.8, 4) is 11.8 Å². The Morgan fingerprint density at radius 3 is 2.61 bits per heavy atom. The maximum atomic E-state index is 13.8. The fourth-order valence-electron chi connectivity index (χ4n) is 2.67. The van der Waals surface area contributed by atoms with E-state index in [2.05, 4.69) is 0 Å².